The summed E-state index contributed by atoms with van der Waals surface area (Å²) in [6.45, 7) is 3.36. The molecule has 116 valence electrons. The van der Waals surface area contributed by atoms with Crippen molar-refractivity contribution in [2.75, 3.05) is 0 Å². The molecule has 0 fully saturated rings. The fourth-order valence-corrected chi connectivity index (χ4v) is 1.69. The number of hydrogen-bond donors (Lipinski definition) is 2. The van der Waals surface area contributed by atoms with Crippen molar-refractivity contribution in [1.29, 1.82) is 0 Å². The number of H-pyrrole nitrogens is 1. The Bertz CT molecular complexity index is 521. The van der Waals surface area contributed by atoms with Crippen LogP contribution in [0.15, 0.2) is 31.2 Å². The first-order chi connectivity index (χ1) is 10.0. The molecule has 0 bridgehead atoms. The predicted molar refractivity (Wildman–Crippen MR) is 75.8 cm³/mol. The van der Waals surface area contributed by atoms with Gasteiger partial charge in [0.2, 0.25) is 6.33 Å². The predicted octanol–water partition coefficient (Wildman–Crippen LogP) is -0.858. The number of hydrogen-bond acceptors (Lipinski definition) is 4. The Hall–Kier alpha value is -2.15. The molecular weight excluding hydrogens is 270 g/mol. The minimum absolute atomic E-state index is 0.225. The molecule has 0 saturated carbocycles. The molecule has 0 aliphatic rings. The highest BCUT2D eigenvalue weighted by molar-refractivity contribution is 5.71. The number of rotatable bonds is 6. The summed E-state index contributed by atoms with van der Waals surface area (Å²) >= 11 is 0. The zero-order valence-electron chi connectivity index (χ0n) is 12.5. The van der Waals surface area contributed by atoms with Crippen LogP contribution < -0.4 is 15.4 Å². The van der Waals surface area contributed by atoms with Crippen LogP contribution in [0.2, 0.25) is 0 Å². The lowest BCUT2D eigenvalue weighted by Crippen LogP contribution is -2.43. The summed E-state index contributed by atoms with van der Waals surface area (Å²) in [7, 11) is 2.04. The van der Waals surface area contributed by atoms with Gasteiger partial charge in [0.25, 0.3) is 0 Å². The molecule has 2 aromatic rings. The SMILES string of the molecule is CCCCn1cc[n+](C)c1.N[C@@H](Cc1cnc[nH]1)C(=O)[O-]. The average molecular weight is 293 g/mol. The normalized spacial score (nSPS) is 11.6. The number of aromatic amines is 1. The number of nitrogens with two attached hydrogens (primary N) is 1. The van der Waals surface area contributed by atoms with E-state index in [1.807, 2.05) is 7.05 Å². The Balaban J connectivity index is 0.000000211. The van der Waals surface area contributed by atoms with Gasteiger partial charge in [0.15, 0.2) is 0 Å². The van der Waals surface area contributed by atoms with Crippen LogP contribution in [0.1, 0.15) is 25.5 Å². The first kappa shape index (κ1) is 16.9. The summed E-state index contributed by atoms with van der Waals surface area (Å²) in [5.41, 5.74) is 5.89. The number of carbonyl (C=O) groups excluding carboxylic acids is 1. The van der Waals surface area contributed by atoms with Crippen LogP contribution in [0.5, 0.6) is 0 Å². The molecule has 7 heteroatoms. The summed E-state index contributed by atoms with van der Waals surface area (Å²) in [5, 5.41) is 10.2. The minimum Gasteiger partial charge on any atom is -0.548 e. The number of aromatic nitrogens is 4. The van der Waals surface area contributed by atoms with Crippen molar-refractivity contribution in [3.8, 4) is 0 Å². The van der Waals surface area contributed by atoms with Crippen molar-refractivity contribution in [1.82, 2.24) is 14.5 Å². The van der Waals surface area contributed by atoms with Gasteiger partial charge < -0.3 is 20.6 Å². The number of nitrogens with one attached hydrogen (secondary N) is 1. The van der Waals surface area contributed by atoms with E-state index >= 15 is 0 Å². The van der Waals surface area contributed by atoms with Gasteiger partial charge in [-0.05, 0) is 6.42 Å². The smallest absolute Gasteiger partial charge is 0.243 e. The van der Waals surface area contributed by atoms with Crippen LogP contribution >= 0.6 is 0 Å². The number of carboxylic acid groups (broad SMARTS) is 1. The largest absolute Gasteiger partial charge is 0.548 e. The molecule has 2 aromatic heterocycles. The van der Waals surface area contributed by atoms with Gasteiger partial charge >= 0.3 is 0 Å². The number of unbranched alkanes of at least 4 members (excludes halogenated alkanes) is 1. The third-order valence-corrected chi connectivity index (χ3v) is 2.89. The second kappa shape index (κ2) is 8.91. The van der Waals surface area contributed by atoms with Crippen LogP contribution in [0.3, 0.4) is 0 Å². The Morgan fingerprint density at radius 3 is 2.86 bits per heavy atom. The van der Waals surface area contributed by atoms with Crippen molar-refractivity contribution in [3.05, 3.63) is 36.9 Å². The zero-order chi connectivity index (χ0) is 15.7. The van der Waals surface area contributed by atoms with Gasteiger partial charge in [-0.2, -0.15) is 0 Å². The van der Waals surface area contributed by atoms with Crippen molar-refractivity contribution in [2.45, 2.75) is 38.8 Å². The van der Waals surface area contributed by atoms with Crippen molar-refractivity contribution in [3.63, 3.8) is 0 Å². The Morgan fingerprint density at radius 2 is 2.38 bits per heavy atom. The number of carboxylic acids is 1. The molecule has 2 heterocycles. The van der Waals surface area contributed by atoms with Gasteiger partial charge in [-0.1, -0.05) is 13.3 Å². The summed E-state index contributed by atoms with van der Waals surface area (Å²) in [6, 6.07) is -0.963. The number of nitrogens with zero attached hydrogens (tertiary/aromatic N) is 3. The highest BCUT2D eigenvalue weighted by Gasteiger charge is 2.04. The number of aryl methyl sites for hydroxylation is 2. The molecule has 0 radical (unpaired) electrons. The molecule has 7 nitrogen and oxygen atoms in total. The molecule has 3 N–H and O–H groups in total. The lowest BCUT2D eigenvalue weighted by Gasteiger charge is -2.09. The van der Waals surface area contributed by atoms with E-state index in [9.17, 15) is 9.90 Å². The second-order valence-electron chi connectivity index (χ2n) is 4.88. The molecule has 0 spiro atoms. The third-order valence-electron chi connectivity index (χ3n) is 2.89. The van der Waals surface area contributed by atoms with Crippen LogP contribution in [0.25, 0.3) is 0 Å². The van der Waals surface area contributed by atoms with E-state index in [4.69, 9.17) is 5.73 Å². The van der Waals surface area contributed by atoms with Gasteiger partial charge in [0.1, 0.15) is 12.4 Å². The van der Waals surface area contributed by atoms with E-state index < -0.39 is 12.0 Å². The van der Waals surface area contributed by atoms with E-state index in [2.05, 4.69) is 44.7 Å². The van der Waals surface area contributed by atoms with Gasteiger partial charge in [0.05, 0.1) is 25.9 Å². The topological polar surface area (TPSA) is 104 Å². The van der Waals surface area contributed by atoms with Crippen LogP contribution in [0, 0.1) is 0 Å². The molecule has 1 atom stereocenters. The second-order valence-corrected chi connectivity index (χ2v) is 4.88. The molecule has 0 aliphatic carbocycles. The molecule has 2 rings (SSSR count). The first-order valence-corrected chi connectivity index (χ1v) is 6.97. The van der Waals surface area contributed by atoms with E-state index in [0.717, 1.165) is 6.54 Å². The summed E-state index contributed by atoms with van der Waals surface area (Å²) in [5.74, 6) is -1.25. The van der Waals surface area contributed by atoms with Crippen molar-refractivity contribution < 1.29 is 14.5 Å². The number of aliphatic carboxylic acids is 1. The third kappa shape index (κ3) is 6.71. The van der Waals surface area contributed by atoms with E-state index in [1.165, 1.54) is 25.4 Å². The van der Waals surface area contributed by atoms with Gasteiger partial charge in [0, 0.05) is 24.4 Å². The molecule has 0 unspecified atom stereocenters. The fourth-order valence-electron chi connectivity index (χ4n) is 1.69. The quantitative estimate of drug-likeness (QED) is 0.676. The average Bonchev–Trinajstić information content (AvgIpc) is 3.09. The van der Waals surface area contributed by atoms with Crippen molar-refractivity contribution >= 4 is 5.97 Å². The summed E-state index contributed by atoms with van der Waals surface area (Å²) < 4.78 is 4.28. The van der Waals surface area contributed by atoms with E-state index in [0.29, 0.717) is 5.69 Å². The van der Waals surface area contributed by atoms with Crippen LogP contribution in [-0.2, 0) is 24.8 Å². The Kier molecular flexibility index (Phi) is 7.17. The van der Waals surface area contributed by atoms with Crippen LogP contribution in [0.4, 0.5) is 0 Å². The van der Waals surface area contributed by atoms with Crippen molar-refractivity contribution in [2.24, 2.45) is 12.8 Å². The number of carbonyl (C=O) groups is 1. The molecule has 0 amide bonds. The van der Waals surface area contributed by atoms with E-state index in [1.54, 1.807) is 0 Å². The molecule has 21 heavy (non-hydrogen) atoms. The van der Waals surface area contributed by atoms with E-state index in [-0.39, 0.29) is 6.42 Å². The molecule has 0 saturated heterocycles. The monoisotopic (exact) mass is 293 g/mol. The Labute approximate surface area is 124 Å². The van der Waals surface area contributed by atoms with Gasteiger partial charge in [-0.3, -0.25) is 0 Å². The highest BCUT2D eigenvalue weighted by Crippen LogP contribution is 1.94. The summed E-state index contributed by atoms with van der Waals surface area (Å²) in [4.78, 5) is 16.6. The minimum atomic E-state index is -1.25. The molecule has 0 aliphatic heterocycles. The molecule has 0 aromatic carbocycles. The highest BCUT2D eigenvalue weighted by atomic mass is 16.4. The fraction of sp³-hybridized carbons (Fsp3) is 0.500. The standard InChI is InChI=1S/C8H15N2.C6H9N3O2/c1-3-4-5-10-7-6-9(2)8-10;7-5(6(10)11)1-4-2-8-3-9-4/h6-8H,3-5H2,1-2H3;2-3,5H,1,7H2,(H,8,9)(H,10,11)/q+1;/p-1/t;5-/m.0/s1. The summed E-state index contributed by atoms with van der Waals surface area (Å²) in [6.07, 6.45) is 12.0. The maximum Gasteiger partial charge on any atom is 0.243 e. The van der Waals surface area contributed by atoms with Crippen LogP contribution in [-0.4, -0.2) is 26.5 Å². The van der Waals surface area contributed by atoms with Gasteiger partial charge in [-0.15, -0.1) is 0 Å². The first-order valence-electron chi connectivity index (χ1n) is 6.97. The number of imidazole rings is 2. The maximum atomic E-state index is 10.2. The maximum absolute atomic E-state index is 10.2. The lowest BCUT2D eigenvalue weighted by atomic mass is 10.2. The van der Waals surface area contributed by atoms with Gasteiger partial charge in [-0.25, -0.2) is 14.1 Å². The molecular formula is C14H23N5O2. The Morgan fingerprint density at radius 1 is 1.62 bits per heavy atom. The zero-order valence-corrected chi connectivity index (χ0v) is 12.5. The lowest BCUT2D eigenvalue weighted by molar-refractivity contribution is -0.671.